The van der Waals surface area contributed by atoms with E-state index in [9.17, 15) is 9.59 Å². The van der Waals surface area contributed by atoms with E-state index in [4.69, 9.17) is 0 Å². The van der Waals surface area contributed by atoms with Crippen LogP contribution in [0.1, 0.15) is 19.4 Å². The van der Waals surface area contributed by atoms with Crippen LogP contribution in [0.15, 0.2) is 36.4 Å². The standard InChI is InChI=1S/C20H30N4O2/c1-17(2)15-21-20(26)22-19(25)16-24-13-11-23(12-14-24)10-6-9-18-7-4-3-5-8-18/h3-9,17H,10-16H2,1-2H3,(H2,21,22,25,26)/b9-6+. The van der Waals surface area contributed by atoms with E-state index in [-0.39, 0.29) is 12.5 Å². The van der Waals surface area contributed by atoms with Crippen LogP contribution < -0.4 is 10.6 Å². The first kappa shape index (κ1) is 20.1. The van der Waals surface area contributed by atoms with Crippen molar-refractivity contribution in [3.8, 4) is 0 Å². The molecule has 0 aromatic heterocycles. The molecular weight excluding hydrogens is 328 g/mol. The van der Waals surface area contributed by atoms with Gasteiger partial charge in [-0.3, -0.25) is 19.9 Å². The average molecular weight is 358 g/mol. The lowest BCUT2D eigenvalue weighted by atomic mass is 10.2. The molecule has 6 heteroatoms. The second-order valence-electron chi connectivity index (χ2n) is 7.04. The Morgan fingerprint density at radius 3 is 2.38 bits per heavy atom. The number of carbonyl (C=O) groups is 2. The molecule has 3 amide bonds. The molecule has 0 unspecified atom stereocenters. The van der Waals surface area contributed by atoms with Gasteiger partial charge in [0, 0.05) is 39.3 Å². The van der Waals surface area contributed by atoms with E-state index in [2.05, 4.69) is 44.7 Å². The first-order valence-electron chi connectivity index (χ1n) is 9.27. The molecule has 0 saturated carbocycles. The van der Waals surface area contributed by atoms with Crippen molar-refractivity contribution in [2.45, 2.75) is 13.8 Å². The van der Waals surface area contributed by atoms with Crippen molar-refractivity contribution in [1.82, 2.24) is 20.4 Å². The smallest absolute Gasteiger partial charge is 0.321 e. The van der Waals surface area contributed by atoms with Crippen LogP contribution in [0, 0.1) is 5.92 Å². The molecule has 1 aliphatic heterocycles. The molecule has 1 aromatic carbocycles. The molecule has 2 rings (SSSR count). The zero-order valence-electron chi connectivity index (χ0n) is 15.8. The number of benzene rings is 1. The maximum Gasteiger partial charge on any atom is 0.321 e. The maximum atomic E-state index is 11.9. The molecule has 142 valence electrons. The SMILES string of the molecule is CC(C)CNC(=O)NC(=O)CN1CCN(C/C=C/c2ccccc2)CC1. The fraction of sp³-hybridized carbons (Fsp3) is 0.500. The third kappa shape index (κ3) is 7.80. The topological polar surface area (TPSA) is 64.7 Å². The average Bonchev–Trinajstić information content (AvgIpc) is 2.62. The second-order valence-corrected chi connectivity index (χ2v) is 7.04. The highest BCUT2D eigenvalue weighted by Crippen LogP contribution is 2.04. The molecule has 1 fully saturated rings. The highest BCUT2D eigenvalue weighted by molar-refractivity contribution is 5.95. The number of amides is 3. The minimum absolute atomic E-state index is 0.247. The van der Waals surface area contributed by atoms with Gasteiger partial charge in [0.2, 0.25) is 5.91 Å². The van der Waals surface area contributed by atoms with E-state index in [1.807, 2.05) is 32.0 Å². The quantitative estimate of drug-likeness (QED) is 0.780. The second kappa shape index (κ2) is 10.7. The van der Waals surface area contributed by atoms with Gasteiger partial charge in [0.1, 0.15) is 0 Å². The van der Waals surface area contributed by atoms with E-state index < -0.39 is 6.03 Å². The van der Waals surface area contributed by atoms with Crippen molar-refractivity contribution in [2.75, 3.05) is 45.8 Å². The van der Waals surface area contributed by atoms with E-state index >= 15 is 0 Å². The third-order valence-corrected chi connectivity index (χ3v) is 4.23. The zero-order chi connectivity index (χ0) is 18.8. The Morgan fingerprint density at radius 2 is 1.73 bits per heavy atom. The number of carbonyl (C=O) groups excluding carboxylic acids is 2. The van der Waals surface area contributed by atoms with Crippen LogP contribution in [-0.2, 0) is 4.79 Å². The first-order valence-corrected chi connectivity index (χ1v) is 9.27. The lowest BCUT2D eigenvalue weighted by Crippen LogP contribution is -2.51. The van der Waals surface area contributed by atoms with Gasteiger partial charge in [-0.25, -0.2) is 4.79 Å². The Kier molecular flexibility index (Phi) is 8.31. The van der Waals surface area contributed by atoms with Gasteiger partial charge in [-0.15, -0.1) is 0 Å². The minimum Gasteiger partial charge on any atom is -0.338 e. The molecule has 1 aliphatic rings. The normalized spacial score (nSPS) is 16.1. The Morgan fingerprint density at radius 1 is 1.08 bits per heavy atom. The molecule has 0 bridgehead atoms. The molecule has 26 heavy (non-hydrogen) atoms. The van der Waals surface area contributed by atoms with Gasteiger partial charge in [-0.05, 0) is 11.5 Å². The lowest BCUT2D eigenvalue weighted by molar-refractivity contribution is -0.121. The van der Waals surface area contributed by atoms with Crippen LogP contribution >= 0.6 is 0 Å². The molecule has 1 aromatic rings. The predicted octanol–water partition coefficient (Wildman–Crippen LogP) is 1.80. The van der Waals surface area contributed by atoms with E-state index in [0.717, 1.165) is 32.7 Å². The highest BCUT2D eigenvalue weighted by Gasteiger charge is 2.19. The predicted molar refractivity (Wildman–Crippen MR) is 105 cm³/mol. The number of rotatable bonds is 7. The summed E-state index contributed by atoms with van der Waals surface area (Å²) in [4.78, 5) is 28.0. The maximum absolute atomic E-state index is 11.9. The van der Waals surface area contributed by atoms with Crippen LogP contribution in [0.3, 0.4) is 0 Å². The number of urea groups is 1. The molecular formula is C20H30N4O2. The van der Waals surface area contributed by atoms with Gasteiger partial charge in [0.15, 0.2) is 0 Å². The Bertz CT molecular complexity index is 593. The van der Waals surface area contributed by atoms with Crippen LogP contribution in [0.2, 0.25) is 0 Å². The van der Waals surface area contributed by atoms with Crippen molar-refractivity contribution in [2.24, 2.45) is 5.92 Å². The van der Waals surface area contributed by atoms with Crippen molar-refractivity contribution in [1.29, 1.82) is 0 Å². The van der Waals surface area contributed by atoms with Gasteiger partial charge in [0.25, 0.3) is 0 Å². The molecule has 0 aliphatic carbocycles. The van der Waals surface area contributed by atoms with Crippen molar-refractivity contribution in [3.63, 3.8) is 0 Å². The summed E-state index contributed by atoms with van der Waals surface area (Å²) in [5, 5.41) is 5.08. The molecule has 2 N–H and O–H groups in total. The molecule has 1 heterocycles. The summed E-state index contributed by atoms with van der Waals surface area (Å²) < 4.78 is 0. The van der Waals surface area contributed by atoms with E-state index in [1.165, 1.54) is 5.56 Å². The van der Waals surface area contributed by atoms with E-state index in [1.54, 1.807) is 0 Å². The van der Waals surface area contributed by atoms with E-state index in [0.29, 0.717) is 12.5 Å². The van der Waals surface area contributed by atoms with Crippen LogP contribution in [0.25, 0.3) is 6.08 Å². The Labute approximate surface area is 156 Å². The summed E-state index contributed by atoms with van der Waals surface area (Å²) in [5.74, 6) is 0.114. The van der Waals surface area contributed by atoms with Crippen LogP contribution in [0.4, 0.5) is 4.79 Å². The molecule has 0 spiro atoms. The molecule has 6 nitrogen and oxygen atoms in total. The minimum atomic E-state index is -0.409. The highest BCUT2D eigenvalue weighted by atomic mass is 16.2. The molecule has 0 atom stereocenters. The van der Waals surface area contributed by atoms with Crippen LogP contribution in [-0.4, -0.2) is 67.6 Å². The van der Waals surface area contributed by atoms with Gasteiger partial charge < -0.3 is 5.32 Å². The zero-order valence-corrected chi connectivity index (χ0v) is 15.8. The monoisotopic (exact) mass is 358 g/mol. The van der Waals surface area contributed by atoms with Gasteiger partial charge >= 0.3 is 6.03 Å². The molecule has 1 saturated heterocycles. The number of piperazine rings is 1. The van der Waals surface area contributed by atoms with Gasteiger partial charge in [-0.2, -0.15) is 0 Å². The number of hydrogen-bond acceptors (Lipinski definition) is 4. The van der Waals surface area contributed by atoms with Crippen LogP contribution in [0.5, 0.6) is 0 Å². The largest absolute Gasteiger partial charge is 0.338 e. The summed E-state index contributed by atoms with van der Waals surface area (Å²) >= 11 is 0. The Balaban J connectivity index is 1.62. The number of nitrogens with one attached hydrogen (secondary N) is 2. The third-order valence-electron chi connectivity index (χ3n) is 4.23. The number of imide groups is 1. The Hall–Kier alpha value is -2.18. The summed E-state index contributed by atoms with van der Waals surface area (Å²) in [6.07, 6.45) is 4.31. The summed E-state index contributed by atoms with van der Waals surface area (Å²) in [7, 11) is 0. The summed E-state index contributed by atoms with van der Waals surface area (Å²) in [6, 6.07) is 9.85. The first-order chi connectivity index (χ1) is 12.5. The van der Waals surface area contributed by atoms with Crippen molar-refractivity contribution in [3.05, 3.63) is 42.0 Å². The fourth-order valence-corrected chi connectivity index (χ4v) is 2.74. The fourth-order valence-electron chi connectivity index (χ4n) is 2.74. The lowest BCUT2D eigenvalue weighted by Gasteiger charge is -2.33. The van der Waals surface area contributed by atoms with Gasteiger partial charge in [0.05, 0.1) is 6.54 Å². The number of hydrogen-bond donors (Lipinski definition) is 2. The summed E-state index contributed by atoms with van der Waals surface area (Å²) in [5.41, 5.74) is 1.21. The summed E-state index contributed by atoms with van der Waals surface area (Å²) in [6.45, 7) is 9.27. The number of nitrogens with zero attached hydrogens (tertiary/aromatic N) is 2. The van der Waals surface area contributed by atoms with Crippen molar-refractivity contribution < 1.29 is 9.59 Å². The van der Waals surface area contributed by atoms with Gasteiger partial charge in [-0.1, -0.05) is 56.3 Å². The van der Waals surface area contributed by atoms with Crippen molar-refractivity contribution >= 4 is 18.0 Å². The molecule has 0 radical (unpaired) electrons.